The van der Waals surface area contributed by atoms with Gasteiger partial charge < -0.3 is 15.5 Å². The molecule has 0 saturated heterocycles. The Morgan fingerprint density at radius 3 is 2.25 bits per heavy atom. The first-order valence-electron chi connectivity index (χ1n) is 5.74. The molecule has 0 unspecified atom stereocenters. The lowest BCUT2D eigenvalue weighted by Gasteiger charge is -2.29. The van der Waals surface area contributed by atoms with Crippen molar-refractivity contribution >= 4 is 11.3 Å². The zero-order chi connectivity index (χ0) is 12.0. The van der Waals surface area contributed by atoms with Crippen molar-refractivity contribution in [3.05, 3.63) is 21.9 Å². The van der Waals surface area contributed by atoms with Crippen molar-refractivity contribution < 1.29 is 10.2 Å². The molecule has 3 N–H and O–H groups in total. The normalized spacial score (nSPS) is 12.0. The molecule has 0 aliphatic rings. The molecular formula is C12H21NO2S. The van der Waals surface area contributed by atoms with E-state index in [9.17, 15) is 10.2 Å². The molecule has 16 heavy (non-hydrogen) atoms. The third-order valence-electron chi connectivity index (χ3n) is 2.99. The number of hydrogen-bond donors (Lipinski definition) is 3. The zero-order valence-corrected chi connectivity index (χ0v) is 10.8. The standard InChI is InChI=1S/C12H21NO2S/c1-3-10-5-6-11(16-10)7-13-12(4-2,8-14)9-15/h5-6,13-15H,3-4,7-9H2,1-2H3. The van der Waals surface area contributed by atoms with Crippen LogP contribution in [-0.2, 0) is 13.0 Å². The molecule has 0 amide bonds. The lowest BCUT2D eigenvalue weighted by Crippen LogP contribution is -2.50. The minimum Gasteiger partial charge on any atom is -0.394 e. The average molecular weight is 243 g/mol. The number of aliphatic hydroxyl groups excluding tert-OH is 2. The Hall–Kier alpha value is -0.420. The molecule has 0 fully saturated rings. The van der Waals surface area contributed by atoms with E-state index >= 15 is 0 Å². The fourth-order valence-corrected chi connectivity index (χ4v) is 2.39. The Bertz CT molecular complexity index is 299. The quantitative estimate of drug-likeness (QED) is 0.681. The summed E-state index contributed by atoms with van der Waals surface area (Å²) in [6.45, 7) is 4.74. The Morgan fingerprint density at radius 1 is 1.19 bits per heavy atom. The molecule has 0 atom stereocenters. The second-order valence-corrected chi connectivity index (χ2v) is 5.28. The van der Waals surface area contributed by atoms with E-state index in [-0.39, 0.29) is 13.2 Å². The molecule has 0 aliphatic heterocycles. The van der Waals surface area contributed by atoms with Crippen LogP contribution in [0.5, 0.6) is 0 Å². The van der Waals surface area contributed by atoms with Gasteiger partial charge in [0.25, 0.3) is 0 Å². The van der Waals surface area contributed by atoms with Crippen LogP contribution in [0.3, 0.4) is 0 Å². The van der Waals surface area contributed by atoms with Crippen LogP contribution in [0.2, 0.25) is 0 Å². The summed E-state index contributed by atoms with van der Waals surface area (Å²) in [5.41, 5.74) is -0.545. The molecule has 1 heterocycles. The fraction of sp³-hybridized carbons (Fsp3) is 0.667. The summed E-state index contributed by atoms with van der Waals surface area (Å²) in [7, 11) is 0. The SMILES string of the molecule is CCc1ccc(CNC(CC)(CO)CO)s1. The van der Waals surface area contributed by atoms with Crippen molar-refractivity contribution in [1.29, 1.82) is 0 Å². The predicted molar refractivity (Wildman–Crippen MR) is 67.7 cm³/mol. The molecule has 0 bridgehead atoms. The number of aliphatic hydroxyl groups is 2. The molecular weight excluding hydrogens is 222 g/mol. The molecule has 1 aromatic rings. The van der Waals surface area contributed by atoms with Crippen LogP contribution in [0.1, 0.15) is 30.0 Å². The summed E-state index contributed by atoms with van der Waals surface area (Å²) in [5, 5.41) is 21.8. The van der Waals surface area contributed by atoms with Crippen molar-refractivity contribution in [1.82, 2.24) is 5.32 Å². The number of thiophene rings is 1. The van der Waals surface area contributed by atoms with Gasteiger partial charge in [0.05, 0.1) is 18.8 Å². The van der Waals surface area contributed by atoms with Gasteiger partial charge in [0, 0.05) is 16.3 Å². The van der Waals surface area contributed by atoms with Gasteiger partial charge in [0.1, 0.15) is 0 Å². The van der Waals surface area contributed by atoms with E-state index < -0.39 is 5.54 Å². The van der Waals surface area contributed by atoms with E-state index in [1.54, 1.807) is 11.3 Å². The lowest BCUT2D eigenvalue weighted by molar-refractivity contribution is 0.0866. The van der Waals surface area contributed by atoms with Gasteiger partial charge in [0.15, 0.2) is 0 Å². The van der Waals surface area contributed by atoms with Crippen LogP contribution in [0.4, 0.5) is 0 Å². The summed E-state index contributed by atoms with van der Waals surface area (Å²) < 4.78 is 0. The Kier molecular flexibility index (Phi) is 5.41. The molecule has 0 radical (unpaired) electrons. The summed E-state index contributed by atoms with van der Waals surface area (Å²) in [6.07, 6.45) is 1.77. The Labute approximate surface area is 101 Å². The Morgan fingerprint density at radius 2 is 1.81 bits per heavy atom. The number of nitrogens with one attached hydrogen (secondary N) is 1. The highest BCUT2D eigenvalue weighted by molar-refractivity contribution is 7.11. The molecule has 1 aromatic heterocycles. The summed E-state index contributed by atoms with van der Waals surface area (Å²) in [5.74, 6) is 0. The van der Waals surface area contributed by atoms with Crippen LogP contribution in [0, 0.1) is 0 Å². The number of hydrogen-bond acceptors (Lipinski definition) is 4. The summed E-state index contributed by atoms with van der Waals surface area (Å²) in [4.78, 5) is 2.61. The largest absolute Gasteiger partial charge is 0.394 e. The molecule has 0 aromatic carbocycles. The first-order chi connectivity index (χ1) is 7.69. The van der Waals surface area contributed by atoms with E-state index in [2.05, 4.69) is 24.4 Å². The highest BCUT2D eigenvalue weighted by atomic mass is 32.1. The number of rotatable bonds is 7. The fourth-order valence-electron chi connectivity index (χ4n) is 1.49. The molecule has 0 aliphatic carbocycles. The van der Waals surface area contributed by atoms with Crippen LogP contribution in [-0.4, -0.2) is 29.0 Å². The van der Waals surface area contributed by atoms with Crippen molar-refractivity contribution in [3.8, 4) is 0 Å². The van der Waals surface area contributed by atoms with Crippen molar-refractivity contribution in [2.45, 2.75) is 38.8 Å². The Balaban J connectivity index is 2.55. The van der Waals surface area contributed by atoms with Crippen molar-refractivity contribution in [3.63, 3.8) is 0 Å². The van der Waals surface area contributed by atoms with Gasteiger partial charge in [0.2, 0.25) is 0 Å². The summed E-state index contributed by atoms with van der Waals surface area (Å²) >= 11 is 1.78. The molecule has 3 nitrogen and oxygen atoms in total. The molecule has 92 valence electrons. The minimum absolute atomic E-state index is 0.0357. The predicted octanol–water partition coefficient (Wildman–Crippen LogP) is 1.53. The van der Waals surface area contributed by atoms with Crippen LogP contribution >= 0.6 is 11.3 Å². The lowest BCUT2D eigenvalue weighted by atomic mass is 9.98. The van der Waals surface area contributed by atoms with Gasteiger partial charge in [-0.05, 0) is 25.0 Å². The van der Waals surface area contributed by atoms with Crippen LogP contribution < -0.4 is 5.32 Å². The highest BCUT2D eigenvalue weighted by Crippen LogP contribution is 2.18. The van der Waals surface area contributed by atoms with E-state index in [0.717, 1.165) is 6.42 Å². The zero-order valence-electron chi connectivity index (χ0n) is 9.99. The van der Waals surface area contributed by atoms with Crippen molar-refractivity contribution in [2.24, 2.45) is 0 Å². The highest BCUT2D eigenvalue weighted by Gasteiger charge is 2.25. The molecule has 4 heteroatoms. The van der Waals surface area contributed by atoms with Crippen LogP contribution in [0.15, 0.2) is 12.1 Å². The maximum atomic E-state index is 9.29. The van der Waals surface area contributed by atoms with Gasteiger partial charge >= 0.3 is 0 Å². The summed E-state index contributed by atoms with van der Waals surface area (Å²) in [6, 6.07) is 4.23. The smallest absolute Gasteiger partial charge is 0.0648 e. The average Bonchev–Trinajstić information content (AvgIpc) is 2.80. The molecule has 0 saturated carbocycles. The van der Waals surface area contributed by atoms with Gasteiger partial charge in [-0.1, -0.05) is 13.8 Å². The van der Waals surface area contributed by atoms with Gasteiger partial charge in [-0.3, -0.25) is 0 Å². The second kappa shape index (κ2) is 6.35. The first kappa shape index (κ1) is 13.6. The third-order valence-corrected chi connectivity index (χ3v) is 4.22. The van der Waals surface area contributed by atoms with Gasteiger partial charge in [-0.15, -0.1) is 11.3 Å². The molecule has 0 spiro atoms. The van der Waals surface area contributed by atoms with E-state index in [4.69, 9.17) is 0 Å². The third kappa shape index (κ3) is 3.28. The minimum atomic E-state index is -0.545. The first-order valence-corrected chi connectivity index (χ1v) is 6.55. The topological polar surface area (TPSA) is 52.5 Å². The van der Waals surface area contributed by atoms with E-state index in [1.165, 1.54) is 9.75 Å². The number of aryl methyl sites for hydroxylation is 1. The maximum Gasteiger partial charge on any atom is 0.0648 e. The van der Waals surface area contributed by atoms with Gasteiger partial charge in [-0.25, -0.2) is 0 Å². The van der Waals surface area contributed by atoms with Crippen LogP contribution in [0.25, 0.3) is 0 Å². The second-order valence-electron chi connectivity index (χ2n) is 4.03. The van der Waals surface area contributed by atoms with E-state index in [1.807, 2.05) is 6.92 Å². The maximum absolute atomic E-state index is 9.29. The van der Waals surface area contributed by atoms with Crippen molar-refractivity contribution in [2.75, 3.05) is 13.2 Å². The monoisotopic (exact) mass is 243 g/mol. The van der Waals surface area contributed by atoms with Gasteiger partial charge in [-0.2, -0.15) is 0 Å². The molecule has 1 rings (SSSR count). The van der Waals surface area contributed by atoms with E-state index in [0.29, 0.717) is 13.0 Å².